The molecule has 1 aliphatic heterocycles. The van der Waals surface area contributed by atoms with E-state index in [4.69, 9.17) is 9.47 Å². The van der Waals surface area contributed by atoms with Crippen LogP contribution >= 0.6 is 0 Å². The third-order valence-corrected chi connectivity index (χ3v) is 3.83. The van der Waals surface area contributed by atoms with Gasteiger partial charge in [0.25, 0.3) is 0 Å². The van der Waals surface area contributed by atoms with Crippen molar-refractivity contribution in [3.05, 3.63) is 29.3 Å². The molecular weight excluding hydrogens is 242 g/mol. The molecule has 2 atom stereocenters. The first-order valence-electron chi connectivity index (χ1n) is 6.98. The van der Waals surface area contributed by atoms with Gasteiger partial charge >= 0.3 is 5.97 Å². The molecule has 2 unspecified atom stereocenters. The van der Waals surface area contributed by atoms with Gasteiger partial charge in [-0.05, 0) is 36.6 Å². The Bertz CT molecular complexity index is 486. The van der Waals surface area contributed by atoms with Crippen molar-refractivity contribution in [2.75, 3.05) is 13.2 Å². The van der Waals surface area contributed by atoms with E-state index in [0.717, 1.165) is 25.1 Å². The fraction of sp³-hybridized carbons (Fsp3) is 0.533. The van der Waals surface area contributed by atoms with E-state index in [0.29, 0.717) is 19.1 Å². The van der Waals surface area contributed by atoms with E-state index in [1.54, 1.807) is 0 Å². The maximum absolute atomic E-state index is 11.5. The Kier molecular flexibility index (Phi) is 3.42. The van der Waals surface area contributed by atoms with Gasteiger partial charge in [-0.25, -0.2) is 4.79 Å². The van der Waals surface area contributed by atoms with Crippen molar-refractivity contribution in [2.24, 2.45) is 0 Å². The molecule has 4 heteroatoms. The summed E-state index contributed by atoms with van der Waals surface area (Å²) in [5.41, 5.74) is 2.55. The molecule has 1 aromatic rings. The van der Waals surface area contributed by atoms with Crippen LogP contribution < -0.4 is 10.1 Å². The SMILES string of the molecule is CCNC1CCc2c(OC3CCOC3=O)cccc21. The van der Waals surface area contributed by atoms with Crippen LogP contribution in [0.2, 0.25) is 0 Å². The molecular formula is C15H19NO3. The van der Waals surface area contributed by atoms with Gasteiger partial charge in [0.2, 0.25) is 0 Å². The monoisotopic (exact) mass is 261 g/mol. The zero-order chi connectivity index (χ0) is 13.2. The Balaban J connectivity index is 1.82. The number of benzene rings is 1. The van der Waals surface area contributed by atoms with Crippen LogP contribution in [0, 0.1) is 0 Å². The van der Waals surface area contributed by atoms with E-state index in [2.05, 4.69) is 18.3 Å². The second-order valence-electron chi connectivity index (χ2n) is 5.04. The molecule has 0 saturated carbocycles. The van der Waals surface area contributed by atoms with Crippen LogP contribution in [0.25, 0.3) is 0 Å². The lowest BCUT2D eigenvalue weighted by molar-refractivity contribution is -0.143. The molecule has 1 aliphatic carbocycles. The minimum absolute atomic E-state index is 0.237. The van der Waals surface area contributed by atoms with Gasteiger partial charge in [-0.2, -0.15) is 0 Å². The normalized spacial score (nSPS) is 25.2. The number of carbonyl (C=O) groups is 1. The van der Waals surface area contributed by atoms with Crippen LogP contribution in [0.5, 0.6) is 5.75 Å². The number of hydrogen-bond donors (Lipinski definition) is 1. The summed E-state index contributed by atoms with van der Waals surface area (Å²) in [6, 6.07) is 6.53. The van der Waals surface area contributed by atoms with Gasteiger partial charge in [-0.15, -0.1) is 0 Å². The average Bonchev–Trinajstić information content (AvgIpc) is 2.99. The number of carbonyl (C=O) groups excluding carboxylic acids is 1. The van der Waals surface area contributed by atoms with E-state index >= 15 is 0 Å². The second kappa shape index (κ2) is 5.21. The quantitative estimate of drug-likeness (QED) is 0.842. The van der Waals surface area contributed by atoms with Crippen LogP contribution in [0.15, 0.2) is 18.2 Å². The topological polar surface area (TPSA) is 47.6 Å². The fourth-order valence-corrected chi connectivity index (χ4v) is 2.93. The number of esters is 1. The summed E-state index contributed by atoms with van der Waals surface area (Å²) in [7, 11) is 0. The third kappa shape index (κ3) is 2.32. The number of nitrogens with one attached hydrogen (secondary N) is 1. The minimum atomic E-state index is -0.426. The van der Waals surface area contributed by atoms with Crippen molar-refractivity contribution in [1.29, 1.82) is 0 Å². The summed E-state index contributed by atoms with van der Waals surface area (Å²) < 4.78 is 10.8. The molecule has 1 aromatic carbocycles. The highest BCUT2D eigenvalue weighted by Crippen LogP contribution is 2.37. The molecule has 1 fully saturated rings. The highest BCUT2D eigenvalue weighted by molar-refractivity contribution is 5.76. The largest absolute Gasteiger partial charge is 0.478 e. The predicted molar refractivity (Wildman–Crippen MR) is 71.2 cm³/mol. The van der Waals surface area contributed by atoms with E-state index < -0.39 is 6.10 Å². The Morgan fingerprint density at radius 1 is 1.42 bits per heavy atom. The van der Waals surface area contributed by atoms with Crippen molar-refractivity contribution >= 4 is 5.97 Å². The molecule has 0 radical (unpaired) electrons. The summed E-state index contributed by atoms with van der Waals surface area (Å²) >= 11 is 0. The molecule has 4 nitrogen and oxygen atoms in total. The van der Waals surface area contributed by atoms with Crippen molar-refractivity contribution in [3.8, 4) is 5.75 Å². The summed E-state index contributed by atoms with van der Waals surface area (Å²) in [6.07, 6.45) is 2.33. The molecule has 2 aliphatic rings. The van der Waals surface area contributed by atoms with Gasteiger partial charge in [0.1, 0.15) is 5.75 Å². The van der Waals surface area contributed by atoms with Gasteiger partial charge in [0.05, 0.1) is 6.61 Å². The van der Waals surface area contributed by atoms with Crippen LogP contribution in [0.1, 0.15) is 36.9 Å². The molecule has 1 saturated heterocycles. The summed E-state index contributed by atoms with van der Waals surface area (Å²) in [5, 5.41) is 3.48. The molecule has 0 spiro atoms. The van der Waals surface area contributed by atoms with Gasteiger partial charge in [-0.1, -0.05) is 19.1 Å². The van der Waals surface area contributed by atoms with Gasteiger partial charge < -0.3 is 14.8 Å². The standard InChI is InChI=1S/C15H19NO3/c1-2-16-12-7-6-11-10(12)4-3-5-13(11)19-14-8-9-18-15(14)17/h3-5,12,14,16H,2,6-9H2,1H3. The average molecular weight is 261 g/mol. The molecule has 19 heavy (non-hydrogen) atoms. The number of fused-ring (bicyclic) bond motifs is 1. The molecule has 102 valence electrons. The van der Waals surface area contributed by atoms with Crippen molar-refractivity contribution in [1.82, 2.24) is 5.32 Å². The zero-order valence-electron chi connectivity index (χ0n) is 11.1. The summed E-state index contributed by atoms with van der Waals surface area (Å²) in [6.45, 7) is 3.55. The summed E-state index contributed by atoms with van der Waals surface area (Å²) in [5.74, 6) is 0.612. The van der Waals surface area contributed by atoms with Crippen LogP contribution in [-0.4, -0.2) is 25.2 Å². The highest BCUT2D eigenvalue weighted by atomic mass is 16.6. The highest BCUT2D eigenvalue weighted by Gasteiger charge is 2.31. The Morgan fingerprint density at radius 2 is 2.32 bits per heavy atom. The van der Waals surface area contributed by atoms with E-state index in [1.807, 2.05) is 12.1 Å². The van der Waals surface area contributed by atoms with Crippen LogP contribution in [0.3, 0.4) is 0 Å². The van der Waals surface area contributed by atoms with E-state index in [9.17, 15) is 4.79 Å². The van der Waals surface area contributed by atoms with Crippen molar-refractivity contribution in [3.63, 3.8) is 0 Å². The third-order valence-electron chi connectivity index (χ3n) is 3.83. The predicted octanol–water partition coefficient (Wildman–Crippen LogP) is 1.98. The minimum Gasteiger partial charge on any atom is -0.478 e. The first-order chi connectivity index (χ1) is 9.29. The molecule has 1 N–H and O–H groups in total. The second-order valence-corrected chi connectivity index (χ2v) is 5.04. The van der Waals surface area contributed by atoms with Crippen molar-refractivity contribution < 1.29 is 14.3 Å². The molecule has 0 amide bonds. The maximum atomic E-state index is 11.5. The lowest BCUT2D eigenvalue weighted by Crippen LogP contribution is -2.22. The van der Waals surface area contributed by atoms with E-state index in [-0.39, 0.29) is 5.97 Å². The first kappa shape index (κ1) is 12.5. The molecule has 3 rings (SSSR count). The number of ether oxygens (including phenoxy) is 2. The molecule has 0 aromatic heterocycles. The van der Waals surface area contributed by atoms with Gasteiger partial charge in [0.15, 0.2) is 6.10 Å². The lowest BCUT2D eigenvalue weighted by Gasteiger charge is -2.15. The van der Waals surface area contributed by atoms with Gasteiger partial charge in [0, 0.05) is 12.5 Å². The zero-order valence-corrected chi connectivity index (χ0v) is 11.1. The van der Waals surface area contributed by atoms with Crippen LogP contribution in [0.4, 0.5) is 0 Å². The first-order valence-corrected chi connectivity index (χ1v) is 6.98. The van der Waals surface area contributed by atoms with Crippen LogP contribution in [-0.2, 0) is 16.0 Å². The Hall–Kier alpha value is -1.55. The number of hydrogen-bond acceptors (Lipinski definition) is 4. The number of cyclic esters (lactones) is 1. The maximum Gasteiger partial charge on any atom is 0.347 e. The number of rotatable bonds is 4. The van der Waals surface area contributed by atoms with Crippen molar-refractivity contribution in [2.45, 2.75) is 38.3 Å². The lowest BCUT2D eigenvalue weighted by atomic mass is 10.1. The molecule has 0 bridgehead atoms. The smallest absolute Gasteiger partial charge is 0.347 e. The van der Waals surface area contributed by atoms with Gasteiger partial charge in [-0.3, -0.25) is 0 Å². The molecule has 1 heterocycles. The van der Waals surface area contributed by atoms with E-state index in [1.165, 1.54) is 11.1 Å². The Morgan fingerprint density at radius 3 is 3.05 bits per heavy atom. The summed E-state index contributed by atoms with van der Waals surface area (Å²) in [4.78, 5) is 11.5. The Labute approximate surface area is 113 Å². The fourth-order valence-electron chi connectivity index (χ4n) is 2.93.